The van der Waals surface area contributed by atoms with Gasteiger partial charge in [0.1, 0.15) is 11.5 Å². The topological polar surface area (TPSA) is 41.9 Å². The number of aliphatic hydroxyl groups is 1. The zero-order valence-electron chi connectivity index (χ0n) is 12.2. The van der Waals surface area contributed by atoms with Crippen LogP contribution in [0.4, 0.5) is 0 Å². The van der Waals surface area contributed by atoms with Crippen LogP contribution in [0.25, 0.3) is 0 Å². The summed E-state index contributed by atoms with van der Waals surface area (Å²) in [5.74, 6) is 2.84. The molecule has 1 saturated heterocycles. The van der Waals surface area contributed by atoms with E-state index >= 15 is 0 Å². The van der Waals surface area contributed by atoms with E-state index < -0.39 is 0 Å². The van der Waals surface area contributed by atoms with Crippen molar-refractivity contribution in [1.29, 1.82) is 0 Å². The van der Waals surface area contributed by atoms with Crippen molar-refractivity contribution in [2.75, 3.05) is 27.3 Å². The maximum atomic E-state index is 9.98. The molecule has 110 valence electrons. The molecule has 2 fully saturated rings. The Kier molecular flexibility index (Phi) is 3.85. The van der Waals surface area contributed by atoms with Crippen LogP contribution in [0.1, 0.15) is 18.4 Å². The highest BCUT2D eigenvalue weighted by atomic mass is 16.5. The number of benzene rings is 1. The third kappa shape index (κ3) is 2.50. The summed E-state index contributed by atoms with van der Waals surface area (Å²) in [5.41, 5.74) is 1.18. The summed E-state index contributed by atoms with van der Waals surface area (Å²) in [4.78, 5) is 2.43. The zero-order chi connectivity index (χ0) is 14.1. The van der Waals surface area contributed by atoms with Crippen molar-refractivity contribution in [3.63, 3.8) is 0 Å². The number of fused-ring (bicyclic) bond motifs is 1. The van der Waals surface area contributed by atoms with Gasteiger partial charge >= 0.3 is 0 Å². The second-order valence-corrected chi connectivity index (χ2v) is 5.94. The van der Waals surface area contributed by atoms with Crippen LogP contribution < -0.4 is 9.47 Å². The van der Waals surface area contributed by atoms with Gasteiger partial charge in [0.05, 0.1) is 20.3 Å². The molecule has 1 aliphatic carbocycles. The van der Waals surface area contributed by atoms with Crippen LogP contribution in [0.2, 0.25) is 0 Å². The van der Waals surface area contributed by atoms with Crippen molar-refractivity contribution in [1.82, 2.24) is 4.90 Å². The average Bonchev–Trinajstić information content (AvgIpc) is 3.01. The van der Waals surface area contributed by atoms with Crippen LogP contribution in [0, 0.1) is 11.8 Å². The minimum atomic E-state index is -0.0947. The lowest BCUT2D eigenvalue weighted by atomic mass is 10.00. The molecule has 1 N–H and O–H groups in total. The Hall–Kier alpha value is -1.26. The number of ether oxygens (including phenoxy) is 2. The summed E-state index contributed by atoms with van der Waals surface area (Å²) in [6.07, 6.45) is 2.06. The van der Waals surface area contributed by atoms with Gasteiger partial charge in [0.2, 0.25) is 0 Å². The Bertz CT molecular complexity index is 477. The summed E-state index contributed by atoms with van der Waals surface area (Å²) in [6, 6.07) is 5.98. The highest BCUT2D eigenvalue weighted by Gasteiger charge is 2.41. The van der Waals surface area contributed by atoms with Gasteiger partial charge in [0, 0.05) is 37.2 Å². The first-order chi connectivity index (χ1) is 9.71. The number of rotatable bonds is 4. The fourth-order valence-electron chi connectivity index (χ4n) is 3.68. The third-order valence-electron chi connectivity index (χ3n) is 4.78. The Morgan fingerprint density at radius 1 is 1.20 bits per heavy atom. The van der Waals surface area contributed by atoms with E-state index in [1.54, 1.807) is 14.2 Å². The minimum absolute atomic E-state index is 0.0947. The molecule has 3 rings (SSSR count). The molecule has 1 aliphatic heterocycles. The zero-order valence-corrected chi connectivity index (χ0v) is 12.2. The summed E-state index contributed by atoms with van der Waals surface area (Å²) in [6.45, 7) is 2.98. The van der Waals surface area contributed by atoms with Crippen LogP contribution >= 0.6 is 0 Å². The van der Waals surface area contributed by atoms with Gasteiger partial charge < -0.3 is 14.6 Å². The van der Waals surface area contributed by atoms with Crippen molar-refractivity contribution >= 4 is 0 Å². The number of hydrogen-bond donors (Lipinski definition) is 1. The van der Waals surface area contributed by atoms with Crippen LogP contribution in [-0.4, -0.2) is 43.4 Å². The molecule has 1 heterocycles. The molecule has 2 aliphatic rings. The standard InChI is InChI=1S/C16H23NO3/c1-19-13-5-3-12(16(7-13)20-2)9-17-8-11-4-6-15(18)14(11)10-17/h3,5,7,11,14-15,18H,4,6,8-10H2,1-2H3/t11-,14+,15-/m1/s1. The number of hydrogen-bond acceptors (Lipinski definition) is 4. The summed E-state index contributed by atoms with van der Waals surface area (Å²) >= 11 is 0. The first-order valence-electron chi connectivity index (χ1n) is 7.32. The van der Waals surface area contributed by atoms with Crippen molar-refractivity contribution in [3.05, 3.63) is 23.8 Å². The van der Waals surface area contributed by atoms with Gasteiger partial charge in [0.15, 0.2) is 0 Å². The molecular formula is C16H23NO3. The van der Waals surface area contributed by atoms with Crippen molar-refractivity contribution in [2.24, 2.45) is 11.8 Å². The van der Waals surface area contributed by atoms with E-state index in [1.165, 1.54) is 12.0 Å². The molecule has 1 saturated carbocycles. The van der Waals surface area contributed by atoms with E-state index in [4.69, 9.17) is 9.47 Å². The lowest BCUT2D eigenvalue weighted by molar-refractivity contribution is 0.123. The molecule has 4 nitrogen and oxygen atoms in total. The Morgan fingerprint density at radius 2 is 2.05 bits per heavy atom. The third-order valence-corrected chi connectivity index (χ3v) is 4.78. The van der Waals surface area contributed by atoms with Crippen LogP contribution in [0.15, 0.2) is 18.2 Å². The number of aliphatic hydroxyl groups excluding tert-OH is 1. The molecular weight excluding hydrogens is 254 g/mol. The van der Waals surface area contributed by atoms with Gasteiger partial charge in [-0.1, -0.05) is 6.07 Å². The predicted octanol–water partition coefficient (Wildman–Crippen LogP) is 1.91. The van der Waals surface area contributed by atoms with Crippen LogP contribution in [0.3, 0.4) is 0 Å². The maximum absolute atomic E-state index is 9.98. The summed E-state index contributed by atoms with van der Waals surface area (Å²) < 4.78 is 10.7. The van der Waals surface area contributed by atoms with Crippen LogP contribution in [0.5, 0.6) is 11.5 Å². The van der Waals surface area contributed by atoms with Gasteiger partial charge in [-0.25, -0.2) is 0 Å². The molecule has 0 radical (unpaired) electrons. The van der Waals surface area contributed by atoms with Crippen molar-refractivity contribution < 1.29 is 14.6 Å². The van der Waals surface area contributed by atoms with Gasteiger partial charge in [-0.05, 0) is 24.8 Å². The average molecular weight is 277 g/mol. The maximum Gasteiger partial charge on any atom is 0.127 e. The first-order valence-corrected chi connectivity index (χ1v) is 7.32. The van der Waals surface area contributed by atoms with E-state index in [0.29, 0.717) is 11.8 Å². The fraction of sp³-hybridized carbons (Fsp3) is 0.625. The number of nitrogens with zero attached hydrogens (tertiary/aromatic N) is 1. The minimum Gasteiger partial charge on any atom is -0.497 e. The van der Waals surface area contributed by atoms with E-state index in [-0.39, 0.29) is 6.10 Å². The Balaban J connectivity index is 1.69. The smallest absolute Gasteiger partial charge is 0.127 e. The normalized spacial score (nSPS) is 29.4. The molecule has 0 unspecified atom stereocenters. The van der Waals surface area contributed by atoms with E-state index in [1.807, 2.05) is 12.1 Å². The molecule has 3 atom stereocenters. The van der Waals surface area contributed by atoms with Gasteiger partial charge in [-0.15, -0.1) is 0 Å². The molecule has 0 spiro atoms. The van der Waals surface area contributed by atoms with Crippen LogP contribution in [-0.2, 0) is 6.54 Å². The lowest BCUT2D eigenvalue weighted by Crippen LogP contribution is -2.24. The number of likely N-dealkylation sites (tertiary alicyclic amines) is 1. The highest BCUT2D eigenvalue weighted by molar-refractivity contribution is 5.40. The quantitative estimate of drug-likeness (QED) is 0.913. The molecule has 4 heteroatoms. The van der Waals surface area contributed by atoms with Gasteiger partial charge in [-0.3, -0.25) is 4.90 Å². The largest absolute Gasteiger partial charge is 0.497 e. The molecule has 1 aromatic carbocycles. The predicted molar refractivity (Wildman–Crippen MR) is 77.0 cm³/mol. The van der Waals surface area contributed by atoms with Crippen molar-refractivity contribution in [3.8, 4) is 11.5 Å². The van der Waals surface area contributed by atoms with Gasteiger partial charge in [-0.2, -0.15) is 0 Å². The molecule has 20 heavy (non-hydrogen) atoms. The van der Waals surface area contributed by atoms with E-state index in [0.717, 1.165) is 37.6 Å². The lowest BCUT2D eigenvalue weighted by Gasteiger charge is -2.19. The highest BCUT2D eigenvalue weighted by Crippen LogP contribution is 2.39. The van der Waals surface area contributed by atoms with Crippen molar-refractivity contribution in [2.45, 2.75) is 25.5 Å². The van der Waals surface area contributed by atoms with E-state index in [9.17, 15) is 5.11 Å². The summed E-state index contributed by atoms with van der Waals surface area (Å²) in [7, 11) is 3.36. The molecule has 0 bridgehead atoms. The van der Waals surface area contributed by atoms with Gasteiger partial charge in [0.25, 0.3) is 0 Å². The molecule has 0 aromatic heterocycles. The first kappa shape index (κ1) is 13.7. The molecule has 1 aromatic rings. The van der Waals surface area contributed by atoms with E-state index in [2.05, 4.69) is 11.0 Å². The SMILES string of the molecule is COc1ccc(CN2C[C@H]3CC[C@@H](O)[C@H]3C2)c(OC)c1. The fourth-order valence-corrected chi connectivity index (χ4v) is 3.68. The summed E-state index contributed by atoms with van der Waals surface area (Å²) in [5, 5.41) is 9.98. The Morgan fingerprint density at radius 3 is 2.75 bits per heavy atom. The number of methoxy groups -OCH3 is 2. The monoisotopic (exact) mass is 277 g/mol. The second kappa shape index (κ2) is 5.62. The second-order valence-electron chi connectivity index (χ2n) is 5.94. The molecule has 0 amide bonds. The Labute approximate surface area is 120 Å².